The summed E-state index contributed by atoms with van der Waals surface area (Å²) in [5.41, 5.74) is 0. The molecule has 0 spiro atoms. The maximum atomic E-state index is 5.29. The number of halogens is 1. The summed E-state index contributed by atoms with van der Waals surface area (Å²) >= 11 is 5.29. The zero-order valence-electron chi connectivity index (χ0n) is 3.59. The van der Waals surface area contributed by atoms with E-state index in [9.17, 15) is 0 Å². The maximum Gasteiger partial charge on any atom is 0.241 e. The molecular formula is C3H5ClO3. The Morgan fingerprint density at radius 3 is 2.14 bits per heavy atom. The van der Waals surface area contributed by atoms with Gasteiger partial charge in [-0.15, -0.1) is 0 Å². The lowest BCUT2D eigenvalue weighted by molar-refractivity contribution is -0.267. The van der Waals surface area contributed by atoms with Crippen molar-refractivity contribution in [2.75, 3.05) is 13.6 Å². The average Bonchev–Trinajstić information content (AvgIpc) is 1.69. The van der Waals surface area contributed by atoms with Gasteiger partial charge >= 0.3 is 0 Å². The summed E-state index contributed by atoms with van der Waals surface area (Å²) in [4.78, 5) is 0. The first-order chi connectivity index (χ1) is 3.39. The standard InChI is InChI=1S/C3H5ClO3/c4-3-6-1-5-2-7-3/h3H,1-2H2. The van der Waals surface area contributed by atoms with Crippen LogP contribution in [-0.4, -0.2) is 19.3 Å². The average molecular weight is 125 g/mol. The van der Waals surface area contributed by atoms with Crippen molar-refractivity contribution in [3.05, 3.63) is 0 Å². The molecule has 0 unspecified atom stereocenters. The first-order valence-electron chi connectivity index (χ1n) is 1.84. The van der Waals surface area contributed by atoms with Crippen molar-refractivity contribution in [2.45, 2.75) is 5.75 Å². The van der Waals surface area contributed by atoms with E-state index in [4.69, 9.17) is 11.6 Å². The minimum Gasteiger partial charge on any atom is -0.329 e. The molecule has 0 aromatic rings. The third kappa shape index (κ3) is 1.61. The van der Waals surface area contributed by atoms with Gasteiger partial charge < -0.3 is 14.2 Å². The lowest BCUT2D eigenvalue weighted by atomic mass is 11.2. The van der Waals surface area contributed by atoms with E-state index in [1.54, 1.807) is 0 Å². The summed E-state index contributed by atoms with van der Waals surface area (Å²) < 4.78 is 13.8. The van der Waals surface area contributed by atoms with E-state index in [0.717, 1.165) is 0 Å². The van der Waals surface area contributed by atoms with Crippen LogP contribution < -0.4 is 0 Å². The molecule has 3 nitrogen and oxygen atoms in total. The number of hydrogen-bond donors (Lipinski definition) is 0. The first-order valence-corrected chi connectivity index (χ1v) is 2.28. The zero-order chi connectivity index (χ0) is 5.11. The van der Waals surface area contributed by atoms with Gasteiger partial charge in [0, 0.05) is 0 Å². The highest BCUT2D eigenvalue weighted by atomic mass is 35.5. The van der Waals surface area contributed by atoms with Crippen LogP contribution in [0.5, 0.6) is 0 Å². The number of rotatable bonds is 0. The third-order valence-electron chi connectivity index (χ3n) is 0.565. The molecule has 0 saturated carbocycles. The van der Waals surface area contributed by atoms with Crippen LogP contribution in [0, 0.1) is 0 Å². The van der Waals surface area contributed by atoms with Gasteiger partial charge in [0.15, 0.2) is 13.6 Å². The van der Waals surface area contributed by atoms with Crippen LogP contribution in [-0.2, 0) is 14.2 Å². The number of ether oxygens (including phenoxy) is 3. The smallest absolute Gasteiger partial charge is 0.241 e. The summed E-state index contributed by atoms with van der Waals surface area (Å²) in [7, 11) is 0. The first kappa shape index (κ1) is 5.31. The summed E-state index contributed by atoms with van der Waals surface area (Å²) in [6.07, 6.45) is 0. The van der Waals surface area contributed by atoms with Crippen LogP contribution in [0.2, 0.25) is 0 Å². The Bertz CT molecular complexity index is 52.1. The molecule has 0 amide bonds. The monoisotopic (exact) mass is 124 g/mol. The van der Waals surface area contributed by atoms with E-state index in [-0.39, 0.29) is 13.6 Å². The van der Waals surface area contributed by atoms with Gasteiger partial charge in [-0.25, -0.2) is 0 Å². The quantitative estimate of drug-likeness (QED) is 0.440. The fourth-order valence-electron chi connectivity index (χ4n) is 0.285. The largest absolute Gasteiger partial charge is 0.329 e. The third-order valence-corrected chi connectivity index (χ3v) is 0.817. The second-order valence-corrected chi connectivity index (χ2v) is 1.40. The SMILES string of the molecule is ClC1OCOCO1. The van der Waals surface area contributed by atoms with Gasteiger partial charge in [0.05, 0.1) is 0 Å². The van der Waals surface area contributed by atoms with E-state index in [0.29, 0.717) is 0 Å². The second kappa shape index (κ2) is 2.47. The van der Waals surface area contributed by atoms with Gasteiger partial charge in [-0.2, -0.15) is 0 Å². The molecule has 0 bridgehead atoms. The molecule has 1 aliphatic heterocycles. The zero-order valence-corrected chi connectivity index (χ0v) is 4.35. The summed E-state index contributed by atoms with van der Waals surface area (Å²) in [5, 5.41) is 0. The molecule has 1 saturated heterocycles. The van der Waals surface area contributed by atoms with E-state index >= 15 is 0 Å². The van der Waals surface area contributed by atoms with Crippen molar-refractivity contribution in [1.82, 2.24) is 0 Å². The lowest BCUT2D eigenvalue weighted by Crippen LogP contribution is -2.21. The Hall–Kier alpha value is 0.170. The van der Waals surface area contributed by atoms with Crippen molar-refractivity contribution < 1.29 is 14.2 Å². The molecule has 0 radical (unpaired) electrons. The van der Waals surface area contributed by atoms with Gasteiger partial charge in [-0.3, -0.25) is 0 Å². The normalized spacial score (nSPS) is 25.3. The van der Waals surface area contributed by atoms with Crippen LogP contribution >= 0.6 is 11.6 Å². The summed E-state index contributed by atoms with van der Waals surface area (Å²) in [6.45, 7) is 0.461. The molecule has 42 valence electrons. The Morgan fingerprint density at radius 2 is 1.86 bits per heavy atom. The summed E-state index contributed by atoms with van der Waals surface area (Å²) in [6, 6.07) is 0. The van der Waals surface area contributed by atoms with Crippen molar-refractivity contribution in [2.24, 2.45) is 0 Å². The lowest BCUT2D eigenvalue weighted by Gasteiger charge is -2.16. The van der Waals surface area contributed by atoms with Gasteiger partial charge in [-0.1, -0.05) is 11.6 Å². The van der Waals surface area contributed by atoms with Crippen molar-refractivity contribution in [3.8, 4) is 0 Å². The molecule has 7 heavy (non-hydrogen) atoms. The molecular weight excluding hydrogens is 119 g/mol. The van der Waals surface area contributed by atoms with E-state index in [1.165, 1.54) is 0 Å². The molecule has 1 fully saturated rings. The highest BCUT2D eigenvalue weighted by Crippen LogP contribution is 2.04. The molecule has 0 aromatic carbocycles. The Morgan fingerprint density at radius 1 is 1.29 bits per heavy atom. The highest BCUT2D eigenvalue weighted by Gasteiger charge is 2.08. The van der Waals surface area contributed by atoms with Crippen molar-refractivity contribution in [3.63, 3.8) is 0 Å². The van der Waals surface area contributed by atoms with E-state index in [1.807, 2.05) is 0 Å². The minimum absolute atomic E-state index is 0.230. The maximum absolute atomic E-state index is 5.29. The van der Waals surface area contributed by atoms with Gasteiger partial charge in [-0.05, 0) is 0 Å². The minimum atomic E-state index is -0.617. The Kier molecular flexibility index (Phi) is 1.87. The van der Waals surface area contributed by atoms with E-state index < -0.39 is 5.75 Å². The molecule has 1 heterocycles. The Labute approximate surface area is 46.1 Å². The summed E-state index contributed by atoms with van der Waals surface area (Å²) in [5.74, 6) is -0.617. The van der Waals surface area contributed by atoms with Crippen LogP contribution in [0.3, 0.4) is 0 Å². The number of alkyl halides is 1. The number of hydrogen-bond acceptors (Lipinski definition) is 3. The van der Waals surface area contributed by atoms with Crippen LogP contribution in [0.25, 0.3) is 0 Å². The predicted molar refractivity (Wildman–Crippen MR) is 22.6 cm³/mol. The van der Waals surface area contributed by atoms with Crippen molar-refractivity contribution >= 4 is 11.6 Å². The predicted octanol–water partition coefficient (Wildman–Crippen LogP) is 0.487. The van der Waals surface area contributed by atoms with Gasteiger partial charge in [0.1, 0.15) is 0 Å². The molecule has 0 aliphatic carbocycles. The Balaban J connectivity index is 2.12. The molecule has 1 rings (SSSR count). The van der Waals surface area contributed by atoms with Crippen LogP contribution in [0.4, 0.5) is 0 Å². The fourth-order valence-corrected chi connectivity index (χ4v) is 0.388. The highest BCUT2D eigenvalue weighted by molar-refractivity contribution is 6.18. The fraction of sp³-hybridized carbons (Fsp3) is 1.00. The van der Waals surface area contributed by atoms with Gasteiger partial charge in [0.2, 0.25) is 5.75 Å². The van der Waals surface area contributed by atoms with Crippen LogP contribution in [0.15, 0.2) is 0 Å². The topological polar surface area (TPSA) is 27.7 Å². The van der Waals surface area contributed by atoms with Gasteiger partial charge in [0.25, 0.3) is 0 Å². The molecule has 0 aromatic heterocycles. The molecule has 0 atom stereocenters. The van der Waals surface area contributed by atoms with Crippen LogP contribution in [0.1, 0.15) is 0 Å². The molecule has 0 N–H and O–H groups in total. The van der Waals surface area contributed by atoms with E-state index in [2.05, 4.69) is 14.2 Å². The van der Waals surface area contributed by atoms with Crippen molar-refractivity contribution in [1.29, 1.82) is 0 Å². The second-order valence-electron chi connectivity index (χ2n) is 1.05. The molecule has 4 heteroatoms. The molecule has 1 aliphatic rings.